The highest BCUT2D eigenvalue weighted by atomic mass is 16.6. The van der Waals surface area contributed by atoms with E-state index < -0.39 is 17.7 Å². The van der Waals surface area contributed by atoms with Crippen LogP contribution in [-0.4, -0.2) is 65.2 Å². The van der Waals surface area contributed by atoms with E-state index >= 15 is 0 Å². The Morgan fingerprint density at radius 2 is 1.73 bits per heavy atom. The van der Waals surface area contributed by atoms with Gasteiger partial charge in [0.05, 0.1) is 0 Å². The number of hydrogen-bond donors (Lipinski definition) is 4. The standard InChI is InChI=1S/C36H47N5O4/c1-25(11-9-10-20-37-34(44)45-35(2,3)4)39-32(42)31(23-27-24-38-30-15-8-6-13-28(27)30)40-33(43)41-21-18-36(19-22-41)17-16-26-12-5-7-14-29(26)36/h5-8,12-17,24-25,31,38H,9-11,18-23H2,1-4H3,(H,37,44)(H,39,42)(H,40,43)/t25-,31-/m1/s1. The highest BCUT2D eigenvalue weighted by molar-refractivity contribution is 5.89. The van der Waals surface area contributed by atoms with Crippen molar-refractivity contribution in [1.82, 2.24) is 25.8 Å². The first-order chi connectivity index (χ1) is 21.5. The SMILES string of the molecule is C[C@H](CCCCNC(=O)OC(C)(C)C)NC(=O)[C@@H](Cc1c[nH]c2ccccc12)NC(=O)N1CCC2(C=Cc3ccccc32)CC1. The molecule has 3 aromatic rings. The van der Waals surface area contributed by atoms with Gasteiger partial charge < -0.3 is 30.6 Å². The maximum absolute atomic E-state index is 13.6. The topological polar surface area (TPSA) is 116 Å². The lowest BCUT2D eigenvalue weighted by Crippen LogP contribution is -2.55. The van der Waals surface area contributed by atoms with Crippen molar-refractivity contribution in [3.8, 4) is 0 Å². The molecule has 45 heavy (non-hydrogen) atoms. The van der Waals surface area contributed by atoms with Crippen molar-refractivity contribution < 1.29 is 19.1 Å². The summed E-state index contributed by atoms with van der Waals surface area (Å²) in [5, 5.41) is 10.0. The number of alkyl carbamates (subject to hydrolysis) is 1. The van der Waals surface area contributed by atoms with Gasteiger partial charge >= 0.3 is 12.1 Å². The number of unbranched alkanes of at least 4 members (excludes halogenated alkanes) is 1. The molecule has 4 N–H and O–H groups in total. The second-order valence-corrected chi connectivity index (χ2v) is 13.5. The highest BCUT2D eigenvalue weighted by Crippen LogP contribution is 2.43. The molecule has 0 saturated carbocycles. The molecule has 9 heteroatoms. The molecule has 2 atom stereocenters. The molecule has 0 bridgehead atoms. The molecule has 4 amide bonds. The number of urea groups is 1. The number of amides is 4. The minimum absolute atomic E-state index is 0.0218. The molecule has 1 spiro atoms. The van der Waals surface area contributed by atoms with Crippen molar-refractivity contribution in [2.75, 3.05) is 19.6 Å². The Labute approximate surface area is 266 Å². The van der Waals surface area contributed by atoms with Gasteiger partial charge in [0, 0.05) is 54.6 Å². The minimum Gasteiger partial charge on any atom is -0.444 e. The summed E-state index contributed by atoms with van der Waals surface area (Å²) in [5.74, 6) is -0.200. The molecule has 0 unspecified atom stereocenters. The molecule has 5 rings (SSSR count). The van der Waals surface area contributed by atoms with E-state index in [4.69, 9.17) is 4.74 Å². The Kier molecular flexibility index (Phi) is 9.85. The number of carbonyl (C=O) groups excluding carboxylic acids is 3. The predicted octanol–water partition coefficient (Wildman–Crippen LogP) is 6.05. The molecule has 2 aliphatic rings. The number of nitrogens with one attached hydrogen (secondary N) is 4. The van der Waals surface area contributed by atoms with Crippen LogP contribution in [0.3, 0.4) is 0 Å². The van der Waals surface area contributed by atoms with Crippen LogP contribution in [0.5, 0.6) is 0 Å². The normalized spacial score (nSPS) is 16.7. The third-order valence-corrected chi connectivity index (χ3v) is 8.86. The minimum atomic E-state index is -0.726. The number of carbonyl (C=O) groups is 3. The third kappa shape index (κ3) is 8.07. The number of ether oxygens (including phenoxy) is 1. The summed E-state index contributed by atoms with van der Waals surface area (Å²) < 4.78 is 5.28. The summed E-state index contributed by atoms with van der Waals surface area (Å²) >= 11 is 0. The lowest BCUT2D eigenvalue weighted by Gasteiger charge is -2.39. The number of likely N-dealkylation sites (tertiary alicyclic amines) is 1. The van der Waals surface area contributed by atoms with Crippen LogP contribution in [0, 0.1) is 0 Å². The Bertz CT molecular complexity index is 1530. The van der Waals surface area contributed by atoms with Crippen LogP contribution < -0.4 is 16.0 Å². The summed E-state index contributed by atoms with van der Waals surface area (Å²) in [6.07, 6.45) is 10.4. The van der Waals surface area contributed by atoms with E-state index in [-0.39, 0.29) is 23.4 Å². The number of aromatic nitrogens is 1. The van der Waals surface area contributed by atoms with Crippen LogP contribution in [0.15, 0.2) is 60.8 Å². The van der Waals surface area contributed by atoms with Crippen LogP contribution in [0.2, 0.25) is 0 Å². The zero-order valence-electron chi connectivity index (χ0n) is 26.9. The number of H-pyrrole nitrogens is 1. The van der Waals surface area contributed by atoms with Gasteiger partial charge in [-0.25, -0.2) is 9.59 Å². The fourth-order valence-corrected chi connectivity index (χ4v) is 6.45. The van der Waals surface area contributed by atoms with Crippen molar-refractivity contribution in [2.24, 2.45) is 0 Å². The fourth-order valence-electron chi connectivity index (χ4n) is 6.45. The average molecular weight is 614 g/mol. The van der Waals surface area contributed by atoms with Gasteiger partial charge in [-0.1, -0.05) is 54.6 Å². The van der Waals surface area contributed by atoms with Gasteiger partial charge in [0.25, 0.3) is 0 Å². The number of nitrogens with zero attached hydrogens (tertiary/aromatic N) is 1. The van der Waals surface area contributed by atoms with Gasteiger partial charge in [0.15, 0.2) is 0 Å². The van der Waals surface area contributed by atoms with E-state index in [1.165, 1.54) is 11.1 Å². The van der Waals surface area contributed by atoms with Gasteiger partial charge in [-0.15, -0.1) is 0 Å². The zero-order chi connectivity index (χ0) is 32.0. The molecule has 1 aliphatic heterocycles. The quantitative estimate of drug-likeness (QED) is 0.209. The molecule has 1 aromatic heterocycles. The van der Waals surface area contributed by atoms with E-state index in [9.17, 15) is 14.4 Å². The summed E-state index contributed by atoms with van der Waals surface area (Å²) in [6.45, 7) is 9.23. The van der Waals surface area contributed by atoms with E-state index in [0.717, 1.165) is 48.6 Å². The molecule has 1 aliphatic carbocycles. The molecule has 2 aromatic carbocycles. The van der Waals surface area contributed by atoms with E-state index in [2.05, 4.69) is 57.4 Å². The average Bonchev–Trinajstić information content (AvgIpc) is 3.57. The summed E-state index contributed by atoms with van der Waals surface area (Å²) in [5.41, 5.74) is 4.04. The van der Waals surface area contributed by atoms with E-state index in [1.807, 2.05) is 63.1 Å². The molecule has 9 nitrogen and oxygen atoms in total. The van der Waals surface area contributed by atoms with Crippen molar-refractivity contribution in [2.45, 2.75) is 89.3 Å². The molecule has 0 radical (unpaired) electrons. The third-order valence-electron chi connectivity index (χ3n) is 8.86. The summed E-state index contributed by atoms with van der Waals surface area (Å²) in [4.78, 5) is 44.2. The van der Waals surface area contributed by atoms with E-state index in [1.54, 1.807) is 0 Å². The lowest BCUT2D eigenvalue weighted by molar-refractivity contribution is -0.123. The Morgan fingerprint density at radius 1 is 1.00 bits per heavy atom. The number of fused-ring (bicyclic) bond motifs is 3. The Balaban J connectivity index is 1.17. The van der Waals surface area contributed by atoms with Crippen molar-refractivity contribution in [3.63, 3.8) is 0 Å². The first-order valence-corrected chi connectivity index (χ1v) is 16.2. The molecule has 1 fully saturated rings. The monoisotopic (exact) mass is 613 g/mol. The molecular weight excluding hydrogens is 566 g/mol. The predicted molar refractivity (Wildman–Crippen MR) is 178 cm³/mol. The fraction of sp³-hybridized carbons (Fsp3) is 0.472. The second kappa shape index (κ2) is 13.8. The van der Waals surface area contributed by atoms with Crippen LogP contribution >= 0.6 is 0 Å². The summed E-state index contributed by atoms with van der Waals surface area (Å²) in [7, 11) is 0. The maximum atomic E-state index is 13.6. The number of para-hydroxylation sites is 1. The summed E-state index contributed by atoms with van der Waals surface area (Å²) in [6, 6.07) is 15.5. The van der Waals surface area contributed by atoms with Gasteiger partial charge in [-0.3, -0.25) is 4.79 Å². The van der Waals surface area contributed by atoms with Crippen LogP contribution in [0.1, 0.15) is 76.5 Å². The Morgan fingerprint density at radius 3 is 2.51 bits per heavy atom. The second-order valence-electron chi connectivity index (χ2n) is 13.5. The first-order valence-electron chi connectivity index (χ1n) is 16.2. The molecule has 1 saturated heterocycles. The number of aromatic amines is 1. The van der Waals surface area contributed by atoms with Crippen molar-refractivity contribution in [3.05, 3.63) is 77.5 Å². The lowest BCUT2D eigenvalue weighted by atomic mass is 9.74. The number of hydrogen-bond acceptors (Lipinski definition) is 4. The first kappa shape index (κ1) is 32.1. The van der Waals surface area contributed by atoms with Gasteiger partial charge in [0.2, 0.25) is 5.91 Å². The maximum Gasteiger partial charge on any atom is 0.407 e. The Hall–Kier alpha value is -4.27. The largest absolute Gasteiger partial charge is 0.444 e. The van der Waals surface area contributed by atoms with Gasteiger partial charge in [-0.2, -0.15) is 0 Å². The van der Waals surface area contributed by atoms with Crippen LogP contribution in [0.25, 0.3) is 17.0 Å². The number of allylic oxidation sites excluding steroid dienone is 1. The number of piperidine rings is 1. The van der Waals surface area contributed by atoms with Crippen LogP contribution in [-0.2, 0) is 21.4 Å². The number of benzene rings is 2. The van der Waals surface area contributed by atoms with E-state index in [0.29, 0.717) is 26.1 Å². The van der Waals surface area contributed by atoms with Crippen LogP contribution in [0.4, 0.5) is 9.59 Å². The zero-order valence-corrected chi connectivity index (χ0v) is 26.9. The highest BCUT2D eigenvalue weighted by Gasteiger charge is 2.39. The number of rotatable bonds is 10. The smallest absolute Gasteiger partial charge is 0.407 e. The van der Waals surface area contributed by atoms with Crippen molar-refractivity contribution in [1.29, 1.82) is 0 Å². The molecule has 2 heterocycles. The molecular formula is C36H47N5O4. The molecule has 240 valence electrons. The van der Waals surface area contributed by atoms with Crippen molar-refractivity contribution >= 4 is 35.0 Å². The van der Waals surface area contributed by atoms with Gasteiger partial charge in [0.1, 0.15) is 11.6 Å². The van der Waals surface area contributed by atoms with Gasteiger partial charge in [-0.05, 0) is 82.6 Å².